The SMILES string of the molecule is CCOc1ccc(C)nc1C(=O)N1C[C@@H]2C[C@@H]2C[C@H]1CNc1ccc(C(F)(F)F)cn1. The Hall–Kier alpha value is -2.84. The summed E-state index contributed by atoms with van der Waals surface area (Å²) in [5.74, 6) is 1.73. The molecule has 1 saturated carbocycles. The Labute approximate surface area is 178 Å². The molecule has 1 aliphatic carbocycles. The lowest BCUT2D eigenvalue weighted by molar-refractivity contribution is -0.137. The number of piperidine rings is 1. The number of aromatic nitrogens is 2. The third-order valence-electron chi connectivity index (χ3n) is 5.89. The van der Waals surface area contributed by atoms with Crippen LogP contribution in [0.4, 0.5) is 19.0 Å². The molecule has 2 fully saturated rings. The first kappa shape index (κ1) is 21.4. The summed E-state index contributed by atoms with van der Waals surface area (Å²) >= 11 is 0. The highest BCUT2D eigenvalue weighted by molar-refractivity contribution is 5.95. The summed E-state index contributed by atoms with van der Waals surface area (Å²) in [5.41, 5.74) is 0.248. The largest absolute Gasteiger partial charge is 0.491 e. The first-order valence-corrected chi connectivity index (χ1v) is 10.4. The van der Waals surface area contributed by atoms with Crippen LogP contribution in [0.1, 0.15) is 41.5 Å². The Kier molecular flexibility index (Phi) is 5.77. The molecule has 6 nitrogen and oxygen atoms in total. The summed E-state index contributed by atoms with van der Waals surface area (Å²) in [6.07, 6.45) is -1.66. The van der Waals surface area contributed by atoms with Gasteiger partial charge in [0.2, 0.25) is 0 Å². The van der Waals surface area contributed by atoms with Gasteiger partial charge in [0.25, 0.3) is 5.91 Å². The molecule has 166 valence electrons. The van der Waals surface area contributed by atoms with Crippen molar-refractivity contribution in [2.24, 2.45) is 11.8 Å². The van der Waals surface area contributed by atoms with Gasteiger partial charge in [-0.25, -0.2) is 9.97 Å². The van der Waals surface area contributed by atoms with Crippen LogP contribution < -0.4 is 10.1 Å². The zero-order chi connectivity index (χ0) is 22.2. The number of halogens is 3. The fourth-order valence-electron chi connectivity index (χ4n) is 4.14. The molecule has 0 radical (unpaired) electrons. The molecule has 2 aliphatic rings. The van der Waals surface area contributed by atoms with E-state index in [9.17, 15) is 18.0 Å². The number of aryl methyl sites for hydroxylation is 1. The van der Waals surface area contributed by atoms with Crippen molar-refractivity contribution in [3.05, 3.63) is 47.4 Å². The Morgan fingerprint density at radius 3 is 2.71 bits per heavy atom. The molecule has 0 unspecified atom stereocenters. The lowest BCUT2D eigenvalue weighted by atomic mass is 10.0. The molecule has 4 rings (SSSR count). The van der Waals surface area contributed by atoms with Crippen molar-refractivity contribution in [1.29, 1.82) is 0 Å². The smallest absolute Gasteiger partial charge is 0.417 e. The summed E-state index contributed by atoms with van der Waals surface area (Å²) in [7, 11) is 0. The minimum Gasteiger partial charge on any atom is -0.491 e. The fourth-order valence-corrected chi connectivity index (χ4v) is 4.14. The van der Waals surface area contributed by atoms with Gasteiger partial charge >= 0.3 is 6.18 Å². The summed E-state index contributed by atoms with van der Waals surface area (Å²) in [6, 6.07) is 5.79. The van der Waals surface area contributed by atoms with Gasteiger partial charge < -0.3 is 15.0 Å². The molecule has 3 heterocycles. The van der Waals surface area contributed by atoms with Gasteiger partial charge in [-0.2, -0.15) is 13.2 Å². The minimum absolute atomic E-state index is 0.0999. The fraction of sp³-hybridized carbons (Fsp3) is 0.500. The van der Waals surface area contributed by atoms with E-state index in [0.717, 1.165) is 30.8 Å². The average Bonchev–Trinajstić information content (AvgIpc) is 3.50. The standard InChI is InChI=1S/C22H25F3N4O2/c1-3-31-18-6-4-13(2)28-20(18)21(30)29-12-15-8-14(15)9-17(29)11-27-19-7-5-16(10-26-19)22(23,24)25/h4-7,10,14-15,17H,3,8-9,11-12H2,1-2H3,(H,26,27)/t14-,15+,17+/m1/s1. The van der Waals surface area contributed by atoms with Crippen LogP contribution in [0.25, 0.3) is 0 Å². The van der Waals surface area contributed by atoms with E-state index in [-0.39, 0.29) is 11.9 Å². The number of hydrogen-bond donors (Lipinski definition) is 1. The Morgan fingerprint density at radius 1 is 1.23 bits per heavy atom. The Bertz CT molecular complexity index is 949. The van der Waals surface area contributed by atoms with Crippen molar-refractivity contribution in [2.75, 3.05) is 25.0 Å². The van der Waals surface area contributed by atoms with Gasteiger partial charge in [0.15, 0.2) is 11.4 Å². The summed E-state index contributed by atoms with van der Waals surface area (Å²) in [6.45, 7) is 5.17. The second kappa shape index (κ2) is 8.36. The molecule has 31 heavy (non-hydrogen) atoms. The van der Waals surface area contributed by atoms with Crippen molar-refractivity contribution in [3.63, 3.8) is 0 Å². The van der Waals surface area contributed by atoms with Crippen LogP contribution in [0.15, 0.2) is 30.5 Å². The molecule has 2 aromatic heterocycles. The minimum atomic E-state index is -4.42. The van der Waals surface area contributed by atoms with E-state index in [1.807, 2.05) is 24.8 Å². The molecule has 3 atom stereocenters. The number of carbonyl (C=O) groups excluding carboxylic acids is 1. The summed E-state index contributed by atoms with van der Waals surface area (Å²) in [5, 5.41) is 3.10. The second-order valence-corrected chi connectivity index (χ2v) is 8.15. The highest BCUT2D eigenvalue weighted by Crippen LogP contribution is 2.47. The molecule has 2 aromatic rings. The first-order valence-electron chi connectivity index (χ1n) is 10.4. The molecule has 1 aliphatic heterocycles. The molecular weight excluding hydrogens is 409 g/mol. The number of fused-ring (bicyclic) bond motifs is 1. The molecule has 0 bridgehead atoms. The third-order valence-corrected chi connectivity index (χ3v) is 5.89. The van der Waals surface area contributed by atoms with E-state index in [4.69, 9.17) is 4.74 Å². The van der Waals surface area contributed by atoms with Crippen LogP contribution in [-0.2, 0) is 6.18 Å². The van der Waals surface area contributed by atoms with Crippen LogP contribution in [-0.4, -0.2) is 46.5 Å². The second-order valence-electron chi connectivity index (χ2n) is 8.15. The number of anilines is 1. The molecule has 1 amide bonds. The topological polar surface area (TPSA) is 67.3 Å². The molecule has 0 spiro atoms. The maximum Gasteiger partial charge on any atom is 0.417 e. The highest BCUT2D eigenvalue weighted by atomic mass is 19.4. The number of ether oxygens (including phenoxy) is 1. The number of amides is 1. The summed E-state index contributed by atoms with van der Waals surface area (Å²) in [4.78, 5) is 23.5. The quantitative estimate of drug-likeness (QED) is 0.739. The number of nitrogens with zero attached hydrogens (tertiary/aromatic N) is 3. The van der Waals surface area contributed by atoms with Gasteiger partial charge in [0.1, 0.15) is 5.82 Å². The number of likely N-dealkylation sites (tertiary alicyclic amines) is 1. The number of rotatable bonds is 6. The highest BCUT2D eigenvalue weighted by Gasteiger charge is 2.47. The maximum atomic E-state index is 13.4. The number of pyridine rings is 2. The van der Waals surface area contributed by atoms with Gasteiger partial charge in [0.05, 0.1) is 12.2 Å². The molecule has 1 N–H and O–H groups in total. The van der Waals surface area contributed by atoms with E-state index < -0.39 is 11.7 Å². The van der Waals surface area contributed by atoms with Crippen LogP contribution in [0.5, 0.6) is 5.75 Å². The molecule has 1 saturated heterocycles. The van der Waals surface area contributed by atoms with Crippen LogP contribution in [0, 0.1) is 18.8 Å². The van der Waals surface area contributed by atoms with Crippen molar-refractivity contribution < 1.29 is 22.7 Å². The molecule has 9 heteroatoms. The Balaban J connectivity index is 1.49. The van der Waals surface area contributed by atoms with Gasteiger partial charge in [-0.05, 0) is 62.8 Å². The monoisotopic (exact) mass is 434 g/mol. The molecular formula is C22H25F3N4O2. The molecule has 0 aromatic carbocycles. The number of alkyl halides is 3. The zero-order valence-corrected chi connectivity index (χ0v) is 17.4. The van der Waals surface area contributed by atoms with Crippen LogP contribution >= 0.6 is 0 Å². The van der Waals surface area contributed by atoms with Gasteiger partial charge in [0, 0.05) is 31.0 Å². The van der Waals surface area contributed by atoms with Crippen molar-refractivity contribution in [1.82, 2.24) is 14.9 Å². The van der Waals surface area contributed by atoms with E-state index in [2.05, 4.69) is 15.3 Å². The van der Waals surface area contributed by atoms with Crippen molar-refractivity contribution in [3.8, 4) is 5.75 Å². The van der Waals surface area contributed by atoms with Crippen molar-refractivity contribution in [2.45, 2.75) is 38.9 Å². The predicted octanol–water partition coefficient (Wildman–Crippen LogP) is 4.17. The number of hydrogen-bond acceptors (Lipinski definition) is 5. The lowest BCUT2D eigenvalue weighted by Crippen LogP contribution is -2.48. The predicted molar refractivity (Wildman–Crippen MR) is 109 cm³/mol. The lowest BCUT2D eigenvalue weighted by Gasteiger charge is -2.35. The van der Waals surface area contributed by atoms with Crippen molar-refractivity contribution >= 4 is 11.7 Å². The number of carbonyl (C=O) groups is 1. The van der Waals surface area contributed by atoms with E-state index in [1.165, 1.54) is 6.07 Å². The van der Waals surface area contributed by atoms with E-state index in [1.54, 1.807) is 6.07 Å². The maximum absolute atomic E-state index is 13.4. The van der Waals surface area contributed by atoms with E-state index >= 15 is 0 Å². The zero-order valence-electron chi connectivity index (χ0n) is 17.4. The van der Waals surface area contributed by atoms with Gasteiger partial charge in [-0.3, -0.25) is 4.79 Å². The Morgan fingerprint density at radius 2 is 2.03 bits per heavy atom. The third kappa shape index (κ3) is 4.75. The first-order chi connectivity index (χ1) is 14.8. The van der Waals surface area contributed by atoms with E-state index in [0.29, 0.717) is 48.8 Å². The van der Waals surface area contributed by atoms with Crippen LogP contribution in [0.2, 0.25) is 0 Å². The summed E-state index contributed by atoms with van der Waals surface area (Å²) < 4.78 is 43.8. The number of nitrogens with one attached hydrogen (secondary N) is 1. The van der Waals surface area contributed by atoms with Gasteiger partial charge in [-0.15, -0.1) is 0 Å². The average molecular weight is 434 g/mol. The normalized spacial score (nSPS) is 22.6. The van der Waals surface area contributed by atoms with Gasteiger partial charge in [-0.1, -0.05) is 0 Å². The van der Waals surface area contributed by atoms with Crippen LogP contribution in [0.3, 0.4) is 0 Å².